The predicted octanol–water partition coefficient (Wildman–Crippen LogP) is 2.60. The van der Waals surface area contributed by atoms with Crippen LogP contribution in [-0.4, -0.2) is 23.3 Å². The van der Waals surface area contributed by atoms with Crippen LogP contribution in [-0.2, 0) is 11.2 Å². The van der Waals surface area contributed by atoms with Gasteiger partial charge in [-0.15, -0.1) is 11.3 Å². The minimum absolute atomic E-state index is 0.0209. The van der Waals surface area contributed by atoms with Crippen LogP contribution in [0.15, 0.2) is 29.6 Å². The summed E-state index contributed by atoms with van der Waals surface area (Å²) in [5, 5.41) is 7.64. The fraction of sp³-hybridized carbons (Fsp3) is 0.267. The van der Waals surface area contributed by atoms with Crippen molar-refractivity contribution in [3.63, 3.8) is 0 Å². The van der Waals surface area contributed by atoms with Gasteiger partial charge in [0.1, 0.15) is 5.82 Å². The lowest BCUT2D eigenvalue weighted by atomic mass is 10.2. The van der Waals surface area contributed by atoms with Gasteiger partial charge in [0.05, 0.1) is 5.69 Å². The van der Waals surface area contributed by atoms with Gasteiger partial charge in [-0.1, -0.05) is 0 Å². The molecular formula is C15H16FN3O2S. The largest absolute Gasteiger partial charge is 0.356 e. The lowest BCUT2D eigenvalue weighted by Crippen LogP contribution is -2.22. The summed E-state index contributed by atoms with van der Waals surface area (Å²) in [5.41, 5.74) is 1.12. The summed E-state index contributed by atoms with van der Waals surface area (Å²) in [7, 11) is 0. The lowest BCUT2D eigenvalue weighted by molar-refractivity contribution is -0.120. The minimum atomic E-state index is -0.390. The van der Waals surface area contributed by atoms with E-state index >= 15 is 0 Å². The van der Waals surface area contributed by atoms with E-state index in [9.17, 15) is 14.0 Å². The Bertz CT molecular complexity index is 655. The van der Waals surface area contributed by atoms with Gasteiger partial charge >= 0.3 is 0 Å². The number of amides is 2. The first-order chi connectivity index (χ1) is 10.6. The van der Waals surface area contributed by atoms with Crippen LogP contribution < -0.4 is 10.6 Å². The topological polar surface area (TPSA) is 71.1 Å². The average molecular weight is 321 g/mol. The zero-order valence-corrected chi connectivity index (χ0v) is 12.9. The van der Waals surface area contributed by atoms with Crippen LogP contribution >= 0.6 is 11.3 Å². The Kier molecular flexibility index (Phi) is 5.60. The van der Waals surface area contributed by atoms with Crippen molar-refractivity contribution in [2.24, 2.45) is 0 Å². The molecule has 2 amide bonds. The smallest absolute Gasteiger partial charge is 0.257 e. The summed E-state index contributed by atoms with van der Waals surface area (Å²) in [6.45, 7) is 2.47. The molecular weight excluding hydrogens is 305 g/mol. The summed E-state index contributed by atoms with van der Waals surface area (Å²) in [5.74, 6) is -0.754. The van der Waals surface area contributed by atoms with E-state index in [1.807, 2.05) is 6.92 Å². The number of rotatable bonds is 6. The molecule has 0 aliphatic carbocycles. The molecule has 0 saturated heterocycles. The molecule has 0 spiro atoms. The van der Waals surface area contributed by atoms with E-state index in [0.29, 0.717) is 30.1 Å². The number of aromatic nitrogens is 1. The van der Waals surface area contributed by atoms with E-state index in [1.54, 1.807) is 5.38 Å². The lowest BCUT2D eigenvalue weighted by Gasteiger charge is -2.01. The Morgan fingerprint density at radius 3 is 2.68 bits per heavy atom. The molecule has 2 aromatic rings. The molecule has 5 nitrogen and oxygen atoms in total. The quantitative estimate of drug-likeness (QED) is 0.859. The third-order valence-electron chi connectivity index (χ3n) is 2.86. The summed E-state index contributed by atoms with van der Waals surface area (Å²) in [6, 6.07) is 5.28. The summed E-state index contributed by atoms with van der Waals surface area (Å²) in [6.07, 6.45) is 0.887. The molecule has 1 aromatic heterocycles. The molecule has 0 bridgehead atoms. The van der Waals surface area contributed by atoms with Crippen LogP contribution in [0.4, 0.5) is 9.52 Å². The predicted molar refractivity (Wildman–Crippen MR) is 83.5 cm³/mol. The highest BCUT2D eigenvalue weighted by Crippen LogP contribution is 2.17. The second kappa shape index (κ2) is 7.65. The molecule has 0 radical (unpaired) electrons. The van der Waals surface area contributed by atoms with Crippen molar-refractivity contribution in [3.8, 4) is 0 Å². The number of nitrogens with one attached hydrogen (secondary N) is 2. The second-order valence-electron chi connectivity index (χ2n) is 4.56. The van der Waals surface area contributed by atoms with E-state index < -0.39 is 5.82 Å². The maximum atomic E-state index is 12.8. The van der Waals surface area contributed by atoms with Gasteiger partial charge in [0.25, 0.3) is 5.91 Å². The molecule has 22 heavy (non-hydrogen) atoms. The Labute approximate surface area is 131 Å². The standard InChI is InChI=1S/C15H16FN3O2S/c1-2-17-13(20)8-7-12-9-22-15(18-12)19-14(21)10-3-5-11(16)6-4-10/h3-6,9H,2,7-8H2,1H3,(H,17,20)(H,18,19,21). The molecule has 0 aliphatic heterocycles. The van der Waals surface area contributed by atoms with E-state index in [1.165, 1.54) is 35.6 Å². The third kappa shape index (κ3) is 4.63. The van der Waals surface area contributed by atoms with Gasteiger partial charge in [-0.05, 0) is 37.6 Å². The van der Waals surface area contributed by atoms with Gasteiger partial charge < -0.3 is 5.32 Å². The van der Waals surface area contributed by atoms with Crippen molar-refractivity contribution in [2.45, 2.75) is 19.8 Å². The monoisotopic (exact) mass is 321 g/mol. The van der Waals surface area contributed by atoms with Crippen LogP contribution in [0.3, 0.4) is 0 Å². The van der Waals surface area contributed by atoms with E-state index in [2.05, 4.69) is 15.6 Å². The highest BCUT2D eigenvalue weighted by Gasteiger charge is 2.10. The Hall–Kier alpha value is -2.28. The van der Waals surface area contributed by atoms with Crippen LogP contribution in [0, 0.1) is 5.82 Å². The van der Waals surface area contributed by atoms with Crippen molar-refractivity contribution in [1.29, 1.82) is 0 Å². The average Bonchev–Trinajstić information content (AvgIpc) is 2.93. The summed E-state index contributed by atoms with van der Waals surface area (Å²) in [4.78, 5) is 27.6. The zero-order chi connectivity index (χ0) is 15.9. The maximum absolute atomic E-state index is 12.8. The fourth-order valence-corrected chi connectivity index (χ4v) is 2.52. The Morgan fingerprint density at radius 2 is 2.00 bits per heavy atom. The van der Waals surface area contributed by atoms with Gasteiger partial charge in [0.2, 0.25) is 5.91 Å². The Morgan fingerprint density at radius 1 is 1.27 bits per heavy atom. The first-order valence-corrected chi connectivity index (χ1v) is 7.74. The molecule has 0 saturated carbocycles. The second-order valence-corrected chi connectivity index (χ2v) is 5.42. The number of nitrogens with zero attached hydrogens (tertiary/aromatic N) is 1. The summed E-state index contributed by atoms with van der Waals surface area (Å²) < 4.78 is 12.8. The van der Waals surface area contributed by atoms with Crippen molar-refractivity contribution >= 4 is 28.3 Å². The van der Waals surface area contributed by atoms with Gasteiger partial charge in [0.15, 0.2) is 5.13 Å². The van der Waals surface area contributed by atoms with E-state index in [4.69, 9.17) is 0 Å². The number of carbonyl (C=O) groups excluding carboxylic acids is 2. The normalized spacial score (nSPS) is 10.3. The number of halogens is 1. The number of aryl methyl sites for hydroxylation is 1. The van der Waals surface area contributed by atoms with Crippen molar-refractivity contribution in [1.82, 2.24) is 10.3 Å². The molecule has 0 unspecified atom stereocenters. The number of hydrogen-bond donors (Lipinski definition) is 2. The molecule has 1 heterocycles. The first kappa shape index (κ1) is 16.1. The van der Waals surface area contributed by atoms with Gasteiger partial charge in [0, 0.05) is 23.9 Å². The zero-order valence-electron chi connectivity index (χ0n) is 12.1. The molecule has 1 aromatic carbocycles. The molecule has 2 N–H and O–H groups in total. The van der Waals surface area contributed by atoms with E-state index in [0.717, 1.165) is 5.69 Å². The van der Waals surface area contributed by atoms with Gasteiger partial charge in [-0.2, -0.15) is 0 Å². The molecule has 2 rings (SSSR count). The molecule has 0 aliphatic rings. The highest BCUT2D eigenvalue weighted by atomic mass is 32.1. The van der Waals surface area contributed by atoms with Crippen LogP contribution in [0.1, 0.15) is 29.4 Å². The van der Waals surface area contributed by atoms with Gasteiger partial charge in [-0.25, -0.2) is 9.37 Å². The Balaban J connectivity index is 1.90. The molecule has 0 atom stereocenters. The van der Waals surface area contributed by atoms with Crippen LogP contribution in [0.2, 0.25) is 0 Å². The molecule has 7 heteroatoms. The first-order valence-electron chi connectivity index (χ1n) is 6.86. The third-order valence-corrected chi connectivity index (χ3v) is 3.67. The van der Waals surface area contributed by atoms with Crippen molar-refractivity contribution in [2.75, 3.05) is 11.9 Å². The number of hydrogen-bond acceptors (Lipinski definition) is 4. The number of benzene rings is 1. The number of carbonyl (C=O) groups is 2. The highest BCUT2D eigenvalue weighted by molar-refractivity contribution is 7.13. The SMILES string of the molecule is CCNC(=O)CCc1csc(NC(=O)c2ccc(F)cc2)n1. The van der Waals surface area contributed by atoms with Crippen LogP contribution in [0.25, 0.3) is 0 Å². The van der Waals surface area contributed by atoms with Crippen LogP contribution in [0.5, 0.6) is 0 Å². The van der Waals surface area contributed by atoms with Crippen molar-refractivity contribution < 1.29 is 14.0 Å². The fourth-order valence-electron chi connectivity index (χ4n) is 1.78. The summed E-state index contributed by atoms with van der Waals surface area (Å²) >= 11 is 1.29. The number of thiazole rings is 1. The number of anilines is 1. The van der Waals surface area contributed by atoms with Crippen molar-refractivity contribution in [3.05, 3.63) is 46.7 Å². The molecule has 0 fully saturated rings. The maximum Gasteiger partial charge on any atom is 0.257 e. The molecule has 116 valence electrons. The van der Waals surface area contributed by atoms with E-state index in [-0.39, 0.29) is 11.8 Å². The van der Waals surface area contributed by atoms with Gasteiger partial charge in [-0.3, -0.25) is 14.9 Å². The minimum Gasteiger partial charge on any atom is -0.356 e.